The zero-order valence-electron chi connectivity index (χ0n) is 21.0. The van der Waals surface area contributed by atoms with Gasteiger partial charge in [-0.25, -0.2) is 14.5 Å². The number of hydrogen-bond acceptors (Lipinski definition) is 6. The molecule has 0 saturated carbocycles. The summed E-state index contributed by atoms with van der Waals surface area (Å²) in [5.74, 6) is 0.993. The Morgan fingerprint density at radius 3 is 2.50 bits per heavy atom. The van der Waals surface area contributed by atoms with Crippen LogP contribution in [0.25, 0.3) is 28.1 Å². The molecule has 0 saturated heterocycles. The summed E-state index contributed by atoms with van der Waals surface area (Å²) >= 11 is 0. The quantitative estimate of drug-likeness (QED) is 0.275. The number of pyridine rings is 1. The highest BCUT2D eigenvalue weighted by Gasteiger charge is 2.37. The molecule has 0 radical (unpaired) electrons. The largest absolute Gasteiger partial charge is 0.497 e. The van der Waals surface area contributed by atoms with E-state index in [0.717, 1.165) is 10.6 Å². The molecule has 0 aliphatic carbocycles. The molecule has 6 aromatic rings. The predicted molar refractivity (Wildman–Crippen MR) is 139 cm³/mol. The van der Waals surface area contributed by atoms with Crippen molar-refractivity contribution in [3.63, 3.8) is 0 Å². The number of furan rings is 1. The molecule has 9 nitrogen and oxygen atoms in total. The molecule has 6 rings (SSSR count). The minimum Gasteiger partial charge on any atom is -0.497 e. The summed E-state index contributed by atoms with van der Waals surface area (Å²) in [6, 6.07) is 19.8. The van der Waals surface area contributed by atoms with E-state index in [-0.39, 0.29) is 35.6 Å². The molecular formula is C28H21F3N6O3. The van der Waals surface area contributed by atoms with Gasteiger partial charge in [0, 0.05) is 11.6 Å². The molecule has 0 spiro atoms. The van der Waals surface area contributed by atoms with Crippen LogP contribution >= 0.6 is 0 Å². The average molecular weight is 547 g/mol. The third-order valence-electron chi connectivity index (χ3n) is 6.41. The lowest BCUT2D eigenvalue weighted by molar-refractivity contribution is -0.136. The lowest BCUT2D eigenvalue weighted by atomic mass is 10.1. The monoisotopic (exact) mass is 546 g/mol. The summed E-state index contributed by atoms with van der Waals surface area (Å²) in [5, 5.41) is 8.21. The third kappa shape index (κ3) is 4.64. The van der Waals surface area contributed by atoms with Crippen molar-refractivity contribution in [3.8, 4) is 22.7 Å². The maximum absolute atomic E-state index is 14.5. The van der Waals surface area contributed by atoms with Gasteiger partial charge >= 0.3 is 11.9 Å². The summed E-state index contributed by atoms with van der Waals surface area (Å²) in [5.41, 5.74) is -0.638. The molecule has 40 heavy (non-hydrogen) atoms. The van der Waals surface area contributed by atoms with E-state index in [9.17, 15) is 18.0 Å². The number of ether oxygens (including phenoxy) is 1. The van der Waals surface area contributed by atoms with Gasteiger partial charge in [-0.2, -0.15) is 13.2 Å². The zero-order valence-corrected chi connectivity index (χ0v) is 21.0. The third-order valence-corrected chi connectivity index (χ3v) is 6.41. The van der Waals surface area contributed by atoms with E-state index in [1.54, 1.807) is 72.9 Å². The maximum atomic E-state index is 14.5. The fraction of sp³-hybridized carbons (Fsp3) is 0.143. The minimum atomic E-state index is -4.77. The number of hydrogen-bond donors (Lipinski definition) is 0. The van der Waals surface area contributed by atoms with Gasteiger partial charge in [-0.15, -0.1) is 5.10 Å². The van der Waals surface area contributed by atoms with Crippen molar-refractivity contribution < 1.29 is 22.3 Å². The van der Waals surface area contributed by atoms with Crippen molar-refractivity contribution in [2.45, 2.75) is 19.3 Å². The molecule has 4 aromatic heterocycles. The van der Waals surface area contributed by atoms with Crippen molar-refractivity contribution in [1.29, 1.82) is 0 Å². The number of benzene rings is 2. The normalized spacial score (nSPS) is 11.8. The number of alkyl halides is 3. The highest BCUT2D eigenvalue weighted by atomic mass is 19.4. The highest BCUT2D eigenvalue weighted by molar-refractivity contribution is 5.81. The van der Waals surface area contributed by atoms with Gasteiger partial charge in [-0.1, -0.05) is 41.6 Å². The number of methoxy groups -OCH3 is 1. The van der Waals surface area contributed by atoms with Gasteiger partial charge in [0.05, 0.1) is 49.6 Å². The number of halogens is 3. The molecular weight excluding hydrogens is 525 g/mol. The van der Waals surface area contributed by atoms with E-state index >= 15 is 0 Å². The zero-order chi connectivity index (χ0) is 27.9. The molecule has 0 atom stereocenters. The Morgan fingerprint density at radius 1 is 0.950 bits per heavy atom. The van der Waals surface area contributed by atoms with Crippen molar-refractivity contribution in [1.82, 2.24) is 29.1 Å². The van der Waals surface area contributed by atoms with E-state index in [0.29, 0.717) is 22.8 Å². The van der Waals surface area contributed by atoms with E-state index in [4.69, 9.17) is 9.15 Å². The van der Waals surface area contributed by atoms with Gasteiger partial charge in [0.2, 0.25) is 0 Å². The van der Waals surface area contributed by atoms with Crippen LogP contribution in [0.5, 0.6) is 5.75 Å². The van der Waals surface area contributed by atoms with Crippen LogP contribution in [0.1, 0.15) is 17.0 Å². The second-order valence-corrected chi connectivity index (χ2v) is 8.98. The van der Waals surface area contributed by atoms with E-state index in [2.05, 4.69) is 15.3 Å². The smallest absolute Gasteiger partial charge is 0.418 e. The average Bonchev–Trinajstić information content (AvgIpc) is 3.71. The maximum Gasteiger partial charge on any atom is 0.418 e. The van der Waals surface area contributed by atoms with Gasteiger partial charge in [0.15, 0.2) is 5.65 Å². The number of aromatic nitrogens is 6. The molecule has 4 heterocycles. The molecule has 202 valence electrons. The first-order chi connectivity index (χ1) is 19.3. The first kappa shape index (κ1) is 25.2. The molecule has 0 amide bonds. The standard InChI is InChI=1S/C28H21F3N6O3/c1-39-21-10-5-9-20(13-21)37-16-19(33-34-37)15-35-25-23(28(29,30)31)14-24(18-7-3-2-4-8-18)32-26(25)36(27(35)38)17-22-11-6-12-40-22/h2-14,16H,15,17H2,1H3. The molecule has 0 bridgehead atoms. The van der Waals surface area contributed by atoms with Crippen LogP contribution in [0.2, 0.25) is 0 Å². The number of nitrogens with zero attached hydrogens (tertiary/aromatic N) is 6. The molecule has 0 aliphatic rings. The van der Waals surface area contributed by atoms with Crippen molar-refractivity contribution in [2.75, 3.05) is 7.11 Å². The van der Waals surface area contributed by atoms with Crippen LogP contribution in [0.3, 0.4) is 0 Å². The van der Waals surface area contributed by atoms with Gasteiger partial charge in [0.25, 0.3) is 0 Å². The van der Waals surface area contributed by atoms with Gasteiger partial charge in [0.1, 0.15) is 22.7 Å². The summed E-state index contributed by atoms with van der Waals surface area (Å²) in [4.78, 5) is 18.3. The Hall–Kier alpha value is -5.13. The summed E-state index contributed by atoms with van der Waals surface area (Å²) < 4.78 is 57.9. The van der Waals surface area contributed by atoms with Crippen LogP contribution < -0.4 is 10.4 Å². The van der Waals surface area contributed by atoms with Gasteiger partial charge < -0.3 is 9.15 Å². The fourth-order valence-electron chi connectivity index (χ4n) is 4.54. The molecule has 2 aromatic carbocycles. The molecule has 0 fully saturated rings. The number of rotatable bonds is 7. The Bertz CT molecular complexity index is 1850. The van der Waals surface area contributed by atoms with E-state index < -0.39 is 17.4 Å². The molecule has 0 aliphatic heterocycles. The molecule has 0 N–H and O–H groups in total. The van der Waals surface area contributed by atoms with E-state index in [1.165, 1.54) is 22.6 Å². The SMILES string of the molecule is COc1cccc(-n2cc(Cn3c(=O)n(Cc4ccco4)c4nc(-c5ccccc5)cc(C(F)(F)F)c43)nn2)c1. The Kier molecular flexibility index (Phi) is 6.21. The van der Waals surface area contributed by atoms with Crippen LogP contribution in [-0.2, 0) is 19.3 Å². The summed E-state index contributed by atoms with van der Waals surface area (Å²) in [7, 11) is 1.53. The predicted octanol–water partition coefficient (Wildman–Crippen LogP) is 5.16. The van der Waals surface area contributed by atoms with Crippen molar-refractivity contribution in [3.05, 3.63) is 113 Å². The molecule has 0 unspecified atom stereocenters. The lowest BCUT2D eigenvalue weighted by Crippen LogP contribution is -2.25. The second kappa shape index (κ2) is 9.88. The Morgan fingerprint density at radius 2 is 1.77 bits per heavy atom. The summed E-state index contributed by atoms with van der Waals surface area (Å²) in [6.45, 7) is -0.367. The Balaban J connectivity index is 1.53. The topological polar surface area (TPSA) is 92.9 Å². The van der Waals surface area contributed by atoms with Crippen LogP contribution in [0.4, 0.5) is 13.2 Å². The molecule has 12 heteroatoms. The first-order valence-corrected chi connectivity index (χ1v) is 12.2. The number of imidazole rings is 1. The van der Waals surface area contributed by atoms with Gasteiger partial charge in [-0.05, 0) is 30.3 Å². The van der Waals surface area contributed by atoms with Crippen LogP contribution in [0.15, 0.2) is 94.5 Å². The Labute approximate surface area is 224 Å². The summed E-state index contributed by atoms with van der Waals surface area (Å²) in [6.07, 6.45) is -1.79. The van der Waals surface area contributed by atoms with Crippen molar-refractivity contribution >= 4 is 11.2 Å². The van der Waals surface area contributed by atoms with Crippen molar-refractivity contribution in [2.24, 2.45) is 0 Å². The van der Waals surface area contributed by atoms with Crippen LogP contribution in [-0.4, -0.2) is 36.2 Å². The van der Waals surface area contributed by atoms with Gasteiger partial charge in [-0.3, -0.25) is 9.13 Å². The highest BCUT2D eigenvalue weighted by Crippen LogP contribution is 2.37. The second-order valence-electron chi connectivity index (χ2n) is 8.98. The van der Waals surface area contributed by atoms with Crippen LogP contribution in [0, 0.1) is 0 Å². The number of fused-ring (bicyclic) bond motifs is 1. The van der Waals surface area contributed by atoms with E-state index in [1.807, 2.05) is 0 Å². The lowest BCUT2D eigenvalue weighted by Gasteiger charge is -2.12. The minimum absolute atomic E-state index is 0.0924. The first-order valence-electron chi connectivity index (χ1n) is 12.2. The fourth-order valence-corrected chi connectivity index (χ4v) is 4.54.